The van der Waals surface area contributed by atoms with E-state index in [0.717, 1.165) is 28.0 Å². The van der Waals surface area contributed by atoms with Gasteiger partial charge in [-0.25, -0.2) is 4.98 Å². The first kappa shape index (κ1) is 11.8. The van der Waals surface area contributed by atoms with E-state index in [0.29, 0.717) is 0 Å². The van der Waals surface area contributed by atoms with E-state index in [2.05, 4.69) is 42.2 Å². The van der Waals surface area contributed by atoms with Crippen LogP contribution in [0.5, 0.6) is 0 Å². The molecule has 1 aromatic carbocycles. The highest BCUT2D eigenvalue weighted by Crippen LogP contribution is 2.33. The van der Waals surface area contributed by atoms with Gasteiger partial charge in [0.05, 0.1) is 5.69 Å². The summed E-state index contributed by atoms with van der Waals surface area (Å²) in [5, 5.41) is 1.04. The molecule has 0 saturated carbocycles. The molecule has 0 aliphatic carbocycles. The number of nitrogens with zero attached hydrogens (tertiary/aromatic N) is 2. The van der Waals surface area contributed by atoms with Crippen molar-refractivity contribution in [2.75, 3.05) is 5.73 Å². The number of anilines is 1. The van der Waals surface area contributed by atoms with Crippen LogP contribution in [0.1, 0.15) is 11.3 Å². The Morgan fingerprint density at radius 2 is 1.79 bits per heavy atom. The van der Waals surface area contributed by atoms with E-state index < -0.39 is 0 Å². The average Bonchev–Trinajstić information content (AvgIpc) is 2.65. The standard InChI is InChI=1S/C16H17N3/c1-10-4-6-12(7-5-10)13-8-11(2)18-16-15(13)14(17)9-19(16)3/h4-9H,17H2,1-3H3. The zero-order valence-electron chi connectivity index (χ0n) is 11.4. The lowest BCUT2D eigenvalue weighted by Crippen LogP contribution is -1.92. The van der Waals surface area contributed by atoms with Gasteiger partial charge in [-0.3, -0.25) is 0 Å². The molecule has 3 nitrogen and oxygen atoms in total. The summed E-state index contributed by atoms with van der Waals surface area (Å²) in [7, 11) is 1.98. The van der Waals surface area contributed by atoms with Crippen molar-refractivity contribution < 1.29 is 0 Å². The van der Waals surface area contributed by atoms with Gasteiger partial charge in [-0.15, -0.1) is 0 Å². The first-order valence-corrected chi connectivity index (χ1v) is 6.35. The number of hydrogen-bond acceptors (Lipinski definition) is 2. The summed E-state index contributed by atoms with van der Waals surface area (Å²) < 4.78 is 1.98. The van der Waals surface area contributed by atoms with Crippen LogP contribution in [-0.2, 0) is 7.05 Å². The Morgan fingerprint density at radius 3 is 2.47 bits per heavy atom. The molecule has 3 heteroatoms. The van der Waals surface area contributed by atoms with Gasteiger partial charge in [-0.05, 0) is 31.0 Å². The molecule has 0 fully saturated rings. The van der Waals surface area contributed by atoms with Crippen LogP contribution < -0.4 is 5.73 Å². The number of benzene rings is 1. The molecule has 0 aliphatic rings. The number of nitrogen functional groups attached to an aromatic ring is 1. The Kier molecular flexibility index (Phi) is 2.56. The quantitative estimate of drug-likeness (QED) is 0.720. The molecule has 19 heavy (non-hydrogen) atoms. The lowest BCUT2D eigenvalue weighted by molar-refractivity contribution is 0.944. The SMILES string of the molecule is Cc1ccc(-c2cc(C)nc3c2c(N)cn3C)cc1. The third-order valence-electron chi connectivity index (χ3n) is 3.45. The number of rotatable bonds is 1. The molecule has 0 radical (unpaired) electrons. The Bertz CT molecular complexity index is 752. The molecule has 3 aromatic rings. The zero-order valence-corrected chi connectivity index (χ0v) is 11.4. The van der Waals surface area contributed by atoms with E-state index in [9.17, 15) is 0 Å². The second-order valence-corrected chi connectivity index (χ2v) is 5.07. The number of nitrogens with two attached hydrogens (primary N) is 1. The molecule has 2 aromatic heterocycles. The van der Waals surface area contributed by atoms with Crippen LogP contribution in [-0.4, -0.2) is 9.55 Å². The van der Waals surface area contributed by atoms with Crippen LogP contribution in [0.4, 0.5) is 5.69 Å². The normalized spacial score (nSPS) is 11.1. The van der Waals surface area contributed by atoms with Crippen LogP contribution >= 0.6 is 0 Å². The number of aromatic nitrogens is 2. The summed E-state index contributed by atoms with van der Waals surface area (Å²) in [6.45, 7) is 4.11. The molecule has 0 bridgehead atoms. The molecule has 2 heterocycles. The first-order valence-electron chi connectivity index (χ1n) is 6.35. The molecule has 0 unspecified atom stereocenters. The van der Waals surface area contributed by atoms with Crippen molar-refractivity contribution >= 4 is 16.7 Å². The summed E-state index contributed by atoms with van der Waals surface area (Å²) in [6, 6.07) is 10.6. The summed E-state index contributed by atoms with van der Waals surface area (Å²) in [5.41, 5.74) is 12.4. The second kappa shape index (κ2) is 4.12. The second-order valence-electron chi connectivity index (χ2n) is 5.07. The van der Waals surface area contributed by atoms with Crippen LogP contribution in [0, 0.1) is 13.8 Å². The monoisotopic (exact) mass is 251 g/mol. The lowest BCUT2D eigenvalue weighted by Gasteiger charge is -2.07. The highest BCUT2D eigenvalue weighted by atomic mass is 15.0. The molecule has 0 saturated heterocycles. The smallest absolute Gasteiger partial charge is 0.142 e. The molecule has 0 spiro atoms. The number of pyridine rings is 1. The number of fused-ring (bicyclic) bond motifs is 1. The van der Waals surface area contributed by atoms with Crippen molar-refractivity contribution in [3.63, 3.8) is 0 Å². The van der Waals surface area contributed by atoms with Crippen molar-refractivity contribution in [2.24, 2.45) is 7.05 Å². The minimum absolute atomic E-state index is 0.778. The van der Waals surface area contributed by atoms with Gasteiger partial charge in [-0.2, -0.15) is 0 Å². The molecule has 3 rings (SSSR count). The van der Waals surface area contributed by atoms with E-state index in [-0.39, 0.29) is 0 Å². The minimum Gasteiger partial charge on any atom is -0.397 e. The van der Waals surface area contributed by atoms with E-state index in [4.69, 9.17) is 5.73 Å². The van der Waals surface area contributed by atoms with Crippen molar-refractivity contribution in [3.8, 4) is 11.1 Å². The van der Waals surface area contributed by atoms with Crippen LogP contribution in [0.3, 0.4) is 0 Å². The van der Waals surface area contributed by atoms with Crippen molar-refractivity contribution in [1.29, 1.82) is 0 Å². The number of aryl methyl sites for hydroxylation is 3. The highest BCUT2D eigenvalue weighted by molar-refractivity contribution is 6.02. The van der Waals surface area contributed by atoms with Gasteiger partial charge in [-0.1, -0.05) is 29.8 Å². The molecule has 0 amide bonds. The van der Waals surface area contributed by atoms with E-state index in [1.54, 1.807) is 0 Å². The fourth-order valence-electron chi connectivity index (χ4n) is 2.49. The van der Waals surface area contributed by atoms with Crippen LogP contribution in [0.25, 0.3) is 22.2 Å². The predicted octanol–water partition coefficient (Wildman–Crippen LogP) is 3.44. The molecular weight excluding hydrogens is 234 g/mol. The Hall–Kier alpha value is -2.29. The van der Waals surface area contributed by atoms with Gasteiger partial charge in [0, 0.05) is 24.3 Å². The zero-order chi connectivity index (χ0) is 13.6. The first-order chi connectivity index (χ1) is 9.06. The van der Waals surface area contributed by atoms with E-state index >= 15 is 0 Å². The Labute approximate surface area is 112 Å². The van der Waals surface area contributed by atoms with Gasteiger partial charge in [0.1, 0.15) is 5.65 Å². The van der Waals surface area contributed by atoms with Crippen molar-refractivity contribution in [3.05, 3.63) is 47.8 Å². The third-order valence-corrected chi connectivity index (χ3v) is 3.45. The molecule has 2 N–H and O–H groups in total. The van der Waals surface area contributed by atoms with E-state index in [1.165, 1.54) is 11.1 Å². The highest BCUT2D eigenvalue weighted by Gasteiger charge is 2.12. The predicted molar refractivity (Wildman–Crippen MR) is 80.0 cm³/mol. The molecule has 96 valence electrons. The topological polar surface area (TPSA) is 43.8 Å². The maximum Gasteiger partial charge on any atom is 0.142 e. The third kappa shape index (κ3) is 1.87. The summed E-state index contributed by atoms with van der Waals surface area (Å²) in [5.74, 6) is 0. The number of hydrogen-bond donors (Lipinski definition) is 1. The van der Waals surface area contributed by atoms with Gasteiger partial charge in [0.25, 0.3) is 0 Å². The largest absolute Gasteiger partial charge is 0.397 e. The maximum atomic E-state index is 6.13. The van der Waals surface area contributed by atoms with Crippen LogP contribution in [0.2, 0.25) is 0 Å². The van der Waals surface area contributed by atoms with Crippen LogP contribution in [0.15, 0.2) is 36.5 Å². The average molecular weight is 251 g/mol. The van der Waals surface area contributed by atoms with Gasteiger partial charge in [0.2, 0.25) is 0 Å². The van der Waals surface area contributed by atoms with Gasteiger partial charge in [0.15, 0.2) is 0 Å². The summed E-state index contributed by atoms with van der Waals surface area (Å²) in [6.07, 6.45) is 1.93. The fourth-order valence-corrected chi connectivity index (χ4v) is 2.49. The molecular formula is C16H17N3. The molecule has 0 atom stereocenters. The van der Waals surface area contributed by atoms with E-state index in [1.807, 2.05) is 24.7 Å². The Balaban J connectivity index is 2.36. The maximum absolute atomic E-state index is 6.13. The fraction of sp³-hybridized carbons (Fsp3) is 0.188. The van der Waals surface area contributed by atoms with Gasteiger partial charge >= 0.3 is 0 Å². The molecule has 0 aliphatic heterocycles. The van der Waals surface area contributed by atoms with Gasteiger partial charge < -0.3 is 10.3 Å². The summed E-state index contributed by atoms with van der Waals surface area (Å²) in [4.78, 5) is 4.58. The Morgan fingerprint density at radius 1 is 1.11 bits per heavy atom. The lowest BCUT2D eigenvalue weighted by atomic mass is 10.0. The van der Waals surface area contributed by atoms with Crippen molar-refractivity contribution in [2.45, 2.75) is 13.8 Å². The summed E-state index contributed by atoms with van der Waals surface area (Å²) >= 11 is 0. The van der Waals surface area contributed by atoms with Crippen molar-refractivity contribution in [1.82, 2.24) is 9.55 Å². The minimum atomic E-state index is 0.778.